The molecule has 33 heavy (non-hydrogen) atoms. The Morgan fingerprint density at radius 3 is 2.18 bits per heavy atom. The van der Waals surface area contributed by atoms with Crippen LogP contribution in [0.2, 0.25) is 10.0 Å². The van der Waals surface area contributed by atoms with E-state index in [2.05, 4.69) is 0 Å². The summed E-state index contributed by atoms with van der Waals surface area (Å²) in [6, 6.07) is 10.9. The number of benzene rings is 2. The molecule has 2 saturated heterocycles. The molecule has 0 spiro atoms. The Bertz CT molecular complexity index is 1150. The lowest BCUT2D eigenvalue weighted by molar-refractivity contribution is 0.0572. The van der Waals surface area contributed by atoms with E-state index < -0.39 is 22.2 Å². The molecule has 0 saturated carbocycles. The SMILES string of the molecule is N#Cc1ccc(Oc2cc(Cl)cc(Cl)c2)c(S(=O)(=O)N2CCC(N3C[C@H](O)[C@@H](O)C3)CC2)c1. The van der Waals surface area contributed by atoms with Gasteiger partial charge in [-0.3, -0.25) is 4.90 Å². The Morgan fingerprint density at radius 1 is 1.00 bits per heavy atom. The van der Waals surface area contributed by atoms with Crippen molar-refractivity contribution in [1.29, 1.82) is 5.26 Å². The molecule has 2 aromatic rings. The fourth-order valence-electron chi connectivity index (χ4n) is 4.26. The van der Waals surface area contributed by atoms with Crippen molar-refractivity contribution in [2.45, 2.75) is 36.0 Å². The summed E-state index contributed by atoms with van der Waals surface area (Å²) in [5.41, 5.74) is 0.194. The number of hydrogen-bond acceptors (Lipinski definition) is 7. The third-order valence-electron chi connectivity index (χ3n) is 5.98. The van der Waals surface area contributed by atoms with Gasteiger partial charge in [0.1, 0.15) is 16.4 Å². The van der Waals surface area contributed by atoms with Crippen molar-refractivity contribution in [3.63, 3.8) is 0 Å². The van der Waals surface area contributed by atoms with E-state index in [0.29, 0.717) is 36.0 Å². The van der Waals surface area contributed by atoms with Gasteiger partial charge in [0.2, 0.25) is 10.0 Å². The summed E-state index contributed by atoms with van der Waals surface area (Å²) in [5, 5.41) is 29.6. The van der Waals surface area contributed by atoms with Crippen LogP contribution in [0, 0.1) is 11.3 Å². The van der Waals surface area contributed by atoms with Gasteiger partial charge in [0, 0.05) is 42.3 Å². The monoisotopic (exact) mass is 511 g/mol. The first kappa shape index (κ1) is 24.2. The number of ether oxygens (including phenoxy) is 1. The van der Waals surface area contributed by atoms with Crippen LogP contribution < -0.4 is 4.74 Å². The smallest absolute Gasteiger partial charge is 0.246 e. The van der Waals surface area contributed by atoms with Crippen LogP contribution in [0.1, 0.15) is 18.4 Å². The van der Waals surface area contributed by atoms with Gasteiger partial charge in [0.05, 0.1) is 23.8 Å². The molecule has 2 aliphatic rings. The van der Waals surface area contributed by atoms with E-state index in [1.807, 2.05) is 11.0 Å². The molecule has 8 nitrogen and oxygen atoms in total. The van der Waals surface area contributed by atoms with E-state index in [4.69, 9.17) is 27.9 Å². The van der Waals surface area contributed by atoms with Gasteiger partial charge >= 0.3 is 0 Å². The molecule has 0 amide bonds. The van der Waals surface area contributed by atoms with Crippen LogP contribution in [0.25, 0.3) is 0 Å². The molecule has 2 fully saturated rings. The van der Waals surface area contributed by atoms with Gasteiger partial charge in [0.15, 0.2) is 0 Å². The van der Waals surface area contributed by atoms with E-state index in [0.717, 1.165) is 0 Å². The predicted octanol–water partition coefficient (Wildman–Crippen LogP) is 2.85. The fraction of sp³-hybridized carbons (Fsp3) is 0.409. The number of likely N-dealkylation sites (tertiary alicyclic amines) is 1. The molecule has 0 bridgehead atoms. The van der Waals surface area contributed by atoms with Crippen LogP contribution in [0.3, 0.4) is 0 Å². The van der Waals surface area contributed by atoms with E-state index in [-0.39, 0.29) is 41.1 Å². The Kier molecular flexibility index (Phi) is 7.17. The molecule has 2 atom stereocenters. The summed E-state index contributed by atoms with van der Waals surface area (Å²) in [7, 11) is -3.96. The molecule has 2 N–H and O–H groups in total. The van der Waals surface area contributed by atoms with Gasteiger partial charge in [-0.25, -0.2) is 8.42 Å². The highest BCUT2D eigenvalue weighted by Crippen LogP contribution is 2.35. The molecule has 176 valence electrons. The zero-order chi connectivity index (χ0) is 23.8. The van der Waals surface area contributed by atoms with Crippen LogP contribution in [0.15, 0.2) is 41.3 Å². The predicted molar refractivity (Wildman–Crippen MR) is 123 cm³/mol. The number of hydrogen-bond donors (Lipinski definition) is 2. The number of nitriles is 1. The van der Waals surface area contributed by atoms with E-state index in [1.54, 1.807) is 0 Å². The van der Waals surface area contributed by atoms with Gasteiger partial charge in [-0.15, -0.1) is 0 Å². The number of β-amino-alcohol motifs (C(OH)–C–C–N with tert-alkyl or cyclic N) is 2. The summed E-state index contributed by atoms with van der Waals surface area (Å²) in [4.78, 5) is 1.90. The maximum absolute atomic E-state index is 13.5. The summed E-state index contributed by atoms with van der Waals surface area (Å²) in [6.07, 6.45) is -0.423. The Hall–Kier alpha value is -1.90. The van der Waals surface area contributed by atoms with Gasteiger partial charge in [-0.2, -0.15) is 9.57 Å². The molecule has 4 rings (SSSR count). The molecule has 11 heteroatoms. The minimum atomic E-state index is -3.96. The minimum absolute atomic E-state index is 0.0697. The number of aliphatic hydroxyl groups is 2. The van der Waals surface area contributed by atoms with Crippen molar-refractivity contribution in [2.24, 2.45) is 0 Å². The fourth-order valence-corrected chi connectivity index (χ4v) is 6.38. The second kappa shape index (κ2) is 9.76. The second-order valence-electron chi connectivity index (χ2n) is 8.20. The van der Waals surface area contributed by atoms with E-state index >= 15 is 0 Å². The van der Waals surface area contributed by atoms with Gasteiger partial charge in [-0.1, -0.05) is 23.2 Å². The van der Waals surface area contributed by atoms with E-state index in [1.165, 1.54) is 40.7 Å². The molecule has 0 unspecified atom stereocenters. The number of halogens is 2. The number of rotatable bonds is 5. The average molecular weight is 512 g/mol. The van der Waals surface area contributed by atoms with Crippen LogP contribution in [-0.2, 0) is 10.0 Å². The first-order chi connectivity index (χ1) is 15.7. The summed E-state index contributed by atoms with van der Waals surface area (Å²) >= 11 is 12.1. The molecule has 2 aromatic carbocycles. The number of sulfonamides is 1. The van der Waals surface area contributed by atoms with E-state index in [9.17, 15) is 23.9 Å². The second-order valence-corrected chi connectivity index (χ2v) is 11.0. The molecule has 0 radical (unpaired) electrons. The topological polar surface area (TPSA) is 114 Å². The lowest BCUT2D eigenvalue weighted by atomic mass is 10.1. The Labute approximate surface area is 202 Å². The van der Waals surface area contributed by atoms with Gasteiger partial charge in [0.25, 0.3) is 0 Å². The third-order valence-corrected chi connectivity index (χ3v) is 8.34. The molecule has 2 heterocycles. The van der Waals surface area contributed by atoms with Crippen LogP contribution >= 0.6 is 23.2 Å². The van der Waals surface area contributed by atoms with Crippen molar-refractivity contribution >= 4 is 33.2 Å². The lowest BCUT2D eigenvalue weighted by Crippen LogP contribution is -2.46. The van der Waals surface area contributed by atoms with Crippen molar-refractivity contribution in [3.8, 4) is 17.6 Å². The number of piperidine rings is 1. The highest BCUT2D eigenvalue weighted by molar-refractivity contribution is 7.89. The third kappa shape index (κ3) is 5.28. The lowest BCUT2D eigenvalue weighted by Gasteiger charge is -2.36. The van der Waals surface area contributed by atoms with Gasteiger partial charge < -0.3 is 14.9 Å². The Morgan fingerprint density at radius 2 is 1.61 bits per heavy atom. The number of aliphatic hydroxyl groups excluding tert-OH is 2. The van der Waals surface area contributed by atoms with Gasteiger partial charge in [-0.05, 0) is 49.2 Å². The molecule has 2 aliphatic heterocycles. The molecular weight excluding hydrogens is 489 g/mol. The highest BCUT2D eigenvalue weighted by Gasteiger charge is 2.38. The zero-order valence-corrected chi connectivity index (χ0v) is 19.9. The van der Waals surface area contributed by atoms with Crippen molar-refractivity contribution in [2.75, 3.05) is 26.2 Å². The van der Waals surface area contributed by atoms with Crippen LogP contribution in [0.4, 0.5) is 0 Å². The normalized spacial score (nSPS) is 22.9. The minimum Gasteiger partial charge on any atom is -0.456 e. The summed E-state index contributed by atoms with van der Waals surface area (Å²) in [5.74, 6) is 0.346. The van der Waals surface area contributed by atoms with Crippen molar-refractivity contribution < 1.29 is 23.4 Å². The van der Waals surface area contributed by atoms with Crippen LogP contribution in [-0.4, -0.2) is 72.3 Å². The highest BCUT2D eigenvalue weighted by atomic mass is 35.5. The molecular formula is C22H23Cl2N3O5S. The Balaban J connectivity index is 1.56. The van der Waals surface area contributed by atoms with Crippen molar-refractivity contribution in [3.05, 3.63) is 52.0 Å². The average Bonchev–Trinajstić information content (AvgIpc) is 3.11. The maximum atomic E-state index is 13.5. The quantitative estimate of drug-likeness (QED) is 0.634. The van der Waals surface area contributed by atoms with Crippen LogP contribution in [0.5, 0.6) is 11.5 Å². The molecule has 0 aliphatic carbocycles. The zero-order valence-electron chi connectivity index (χ0n) is 17.6. The summed E-state index contributed by atoms with van der Waals surface area (Å²) < 4.78 is 34.2. The number of nitrogens with zero attached hydrogens (tertiary/aromatic N) is 3. The molecule has 0 aromatic heterocycles. The summed E-state index contributed by atoms with van der Waals surface area (Å²) in [6.45, 7) is 1.30. The maximum Gasteiger partial charge on any atom is 0.246 e. The first-order valence-electron chi connectivity index (χ1n) is 10.5. The van der Waals surface area contributed by atoms with Crippen molar-refractivity contribution in [1.82, 2.24) is 9.21 Å². The first-order valence-corrected chi connectivity index (χ1v) is 12.7. The standard InChI is InChI=1S/C22H23Cl2N3O5S/c23-15-8-16(24)10-18(9-15)32-21-2-1-14(11-25)7-22(21)33(30,31)27-5-3-17(4-6-27)26-12-19(28)20(29)13-26/h1-2,7-10,17,19-20,28-29H,3-6,12-13H2/t19-,20-/m0/s1. The largest absolute Gasteiger partial charge is 0.456 e.